The predicted octanol–water partition coefficient (Wildman–Crippen LogP) is 1.83. The van der Waals surface area contributed by atoms with Crippen molar-refractivity contribution < 1.29 is 4.79 Å². The second-order valence-electron chi connectivity index (χ2n) is 6.40. The highest BCUT2D eigenvalue weighted by Crippen LogP contribution is 2.27. The first-order valence-corrected chi connectivity index (χ1v) is 8.12. The summed E-state index contributed by atoms with van der Waals surface area (Å²) >= 11 is 0. The molecule has 1 saturated carbocycles. The smallest absolute Gasteiger partial charge is 0.261 e. The Balaban J connectivity index is 1.80. The predicted molar refractivity (Wildman–Crippen MR) is 88.0 cm³/mol. The molecule has 0 unspecified atom stereocenters. The number of hydrogen-bond acceptors (Lipinski definition) is 4. The number of fused-ring (bicyclic) bond motifs is 1. The zero-order chi connectivity index (χ0) is 16.4. The lowest BCUT2D eigenvalue weighted by Gasteiger charge is -2.36. The van der Waals surface area contributed by atoms with Gasteiger partial charge >= 0.3 is 0 Å². The van der Waals surface area contributed by atoms with E-state index in [1.807, 2.05) is 11.9 Å². The summed E-state index contributed by atoms with van der Waals surface area (Å²) in [4.78, 5) is 35.0. The van der Waals surface area contributed by atoms with Gasteiger partial charge in [-0.25, -0.2) is 4.98 Å². The first-order valence-electron chi connectivity index (χ1n) is 8.12. The molecule has 0 saturated heterocycles. The minimum Gasteiger partial charge on any atom is -0.341 e. The van der Waals surface area contributed by atoms with E-state index in [2.05, 4.69) is 16.9 Å². The Morgan fingerprint density at radius 2 is 2.17 bits per heavy atom. The number of rotatable bonds is 3. The third kappa shape index (κ3) is 3.11. The Morgan fingerprint density at radius 1 is 1.39 bits per heavy atom. The number of hydrogen-bond donors (Lipinski definition) is 0. The van der Waals surface area contributed by atoms with Crippen LogP contribution in [0.5, 0.6) is 0 Å². The van der Waals surface area contributed by atoms with Crippen molar-refractivity contribution >= 4 is 16.8 Å². The Labute approximate surface area is 135 Å². The lowest BCUT2D eigenvalue weighted by Crippen LogP contribution is -2.44. The summed E-state index contributed by atoms with van der Waals surface area (Å²) in [6.07, 6.45) is 9.15. The van der Waals surface area contributed by atoms with Crippen molar-refractivity contribution in [3.63, 3.8) is 0 Å². The topological polar surface area (TPSA) is 68.1 Å². The molecule has 0 spiro atoms. The molecule has 6 nitrogen and oxygen atoms in total. The number of carbonyl (C=O) groups is 1. The van der Waals surface area contributed by atoms with E-state index in [1.54, 1.807) is 18.5 Å². The van der Waals surface area contributed by atoms with Gasteiger partial charge in [-0.3, -0.25) is 19.1 Å². The molecule has 2 heterocycles. The summed E-state index contributed by atoms with van der Waals surface area (Å²) in [7, 11) is 1.85. The highest BCUT2D eigenvalue weighted by Gasteiger charge is 2.28. The molecule has 2 aromatic heterocycles. The van der Waals surface area contributed by atoms with Gasteiger partial charge in [0.2, 0.25) is 5.91 Å². The van der Waals surface area contributed by atoms with Crippen molar-refractivity contribution in [3.8, 4) is 0 Å². The van der Waals surface area contributed by atoms with Crippen molar-refractivity contribution in [2.24, 2.45) is 5.92 Å². The van der Waals surface area contributed by atoms with Crippen LogP contribution in [0.1, 0.15) is 32.6 Å². The number of aromatic nitrogens is 3. The number of carbonyl (C=O) groups excluding carboxylic acids is 1. The van der Waals surface area contributed by atoms with Gasteiger partial charge in [0.15, 0.2) is 0 Å². The zero-order valence-corrected chi connectivity index (χ0v) is 13.6. The first-order chi connectivity index (χ1) is 11.1. The Bertz CT molecular complexity index is 771. The molecule has 6 heteroatoms. The van der Waals surface area contributed by atoms with Crippen molar-refractivity contribution in [1.29, 1.82) is 0 Å². The van der Waals surface area contributed by atoms with Crippen LogP contribution in [0.4, 0.5) is 0 Å². The Hall–Kier alpha value is -2.24. The molecule has 2 atom stereocenters. The van der Waals surface area contributed by atoms with Crippen LogP contribution in [0, 0.1) is 5.92 Å². The summed E-state index contributed by atoms with van der Waals surface area (Å²) in [6.45, 7) is 2.23. The van der Waals surface area contributed by atoms with Crippen LogP contribution >= 0.6 is 0 Å². The summed E-state index contributed by atoms with van der Waals surface area (Å²) in [5.74, 6) is 0.469. The summed E-state index contributed by atoms with van der Waals surface area (Å²) < 4.78 is 1.38. The van der Waals surface area contributed by atoms with E-state index in [4.69, 9.17) is 0 Å². The maximum atomic E-state index is 12.6. The van der Waals surface area contributed by atoms with E-state index in [0.29, 0.717) is 16.8 Å². The van der Waals surface area contributed by atoms with Gasteiger partial charge in [0.1, 0.15) is 6.54 Å². The van der Waals surface area contributed by atoms with Gasteiger partial charge < -0.3 is 4.90 Å². The number of likely N-dealkylation sites (N-methyl/N-ethyl adjacent to an activating group) is 1. The van der Waals surface area contributed by atoms with E-state index in [9.17, 15) is 9.59 Å². The van der Waals surface area contributed by atoms with Gasteiger partial charge in [-0.1, -0.05) is 19.8 Å². The standard InChI is InChI=1S/C17H22N4O2/c1-12-5-3-4-6-15(12)20(2)16(22)10-21-11-19-14-9-18-8-7-13(14)17(21)23/h7-9,11-12,15H,3-6,10H2,1-2H3/t12-,15+/m0/s1. The monoisotopic (exact) mass is 314 g/mol. The number of nitrogens with zero attached hydrogens (tertiary/aromatic N) is 4. The van der Waals surface area contributed by atoms with Crippen molar-refractivity contribution in [3.05, 3.63) is 35.1 Å². The summed E-state index contributed by atoms with van der Waals surface area (Å²) in [5, 5.41) is 0.490. The highest BCUT2D eigenvalue weighted by atomic mass is 16.2. The van der Waals surface area contributed by atoms with E-state index in [-0.39, 0.29) is 24.1 Å². The van der Waals surface area contributed by atoms with Crippen LogP contribution in [-0.4, -0.2) is 38.4 Å². The van der Waals surface area contributed by atoms with Gasteiger partial charge in [0.05, 0.1) is 23.4 Å². The van der Waals surface area contributed by atoms with Crippen molar-refractivity contribution in [1.82, 2.24) is 19.4 Å². The molecular weight excluding hydrogens is 292 g/mol. The summed E-state index contributed by atoms with van der Waals surface area (Å²) in [6, 6.07) is 1.91. The molecule has 122 valence electrons. The third-order valence-electron chi connectivity index (χ3n) is 4.89. The van der Waals surface area contributed by atoms with Crippen LogP contribution in [0.25, 0.3) is 10.9 Å². The molecular formula is C17H22N4O2. The van der Waals surface area contributed by atoms with Crippen LogP contribution < -0.4 is 5.56 Å². The van der Waals surface area contributed by atoms with E-state index in [1.165, 1.54) is 17.3 Å². The highest BCUT2D eigenvalue weighted by molar-refractivity contribution is 5.78. The van der Waals surface area contributed by atoms with E-state index < -0.39 is 0 Å². The maximum absolute atomic E-state index is 12.6. The molecule has 0 aliphatic heterocycles. The maximum Gasteiger partial charge on any atom is 0.261 e. The average molecular weight is 314 g/mol. The van der Waals surface area contributed by atoms with Gasteiger partial charge in [-0.15, -0.1) is 0 Å². The zero-order valence-electron chi connectivity index (χ0n) is 13.6. The van der Waals surface area contributed by atoms with Gasteiger partial charge in [-0.05, 0) is 24.8 Å². The molecule has 23 heavy (non-hydrogen) atoms. The second-order valence-corrected chi connectivity index (χ2v) is 6.40. The van der Waals surface area contributed by atoms with E-state index in [0.717, 1.165) is 19.3 Å². The lowest BCUT2D eigenvalue weighted by atomic mass is 9.85. The van der Waals surface area contributed by atoms with Crippen LogP contribution in [0.2, 0.25) is 0 Å². The minimum atomic E-state index is -0.198. The first kappa shape index (κ1) is 15.6. The summed E-state index contributed by atoms with van der Waals surface area (Å²) in [5.41, 5.74) is 0.353. The normalized spacial score (nSPS) is 21.3. The number of pyridine rings is 1. The fraction of sp³-hybridized carbons (Fsp3) is 0.529. The van der Waals surface area contributed by atoms with Crippen LogP contribution in [0.3, 0.4) is 0 Å². The largest absolute Gasteiger partial charge is 0.341 e. The van der Waals surface area contributed by atoms with E-state index >= 15 is 0 Å². The minimum absolute atomic E-state index is 0.0316. The molecule has 1 aliphatic carbocycles. The fourth-order valence-corrected chi connectivity index (χ4v) is 3.44. The van der Waals surface area contributed by atoms with Gasteiger partial charge in [0, 0.05) is 19.3 Å². The molecule has 3 rings (SSSR count). The average Bonchev–Trinajstić information content (AvgIpc) is 2.57. The molecule has 1 fully saturated rings. The Kier molecular flexibility index (Phi) is 4.41. The van der Waals surface area contributed by atoms with Crippen molar-refractivity contribution in [2.75, 3.05) is 7.05 Å². The SMILES string of the molecule is C[C@H]1CCCC[C@H]1N(C)C(=O)Cn1cnc2cnccc2c1=O. The second kappa shape index (κ2) is 6.48. The number of amides is 1. The van der Waals surface area contributed by atoms with Crippen LogP contribution in [-0.2, 0) is 11.3 Å². The molecule has 2 aromatic rings. The van der Waals surface area contributed by atoms with Gasteiger partial charge in [0.25, 0.3) is 5.56 Å². The van der Waals surface area contributed by atoms with Gasteiger partial charge in [-0.2, -0.15) is 0 Å². The molecule has 0 N–H and O–H groups in total. The lowest BCUT2D eigenvalue weighted by molar-refractivity contribution is -0.134. The molecule has 0 radical (unpaired) electrons. The molecule has 1 amide bonds. The molecule has 1 aliphatic rings. The third-order valence-corrected chi connectivity index (χ3v) is 4.89. The Morgan fingerprint density at radius 3 is 2.96 bits per heavy atom. The molecule has 0 bridgehead atoms. The molecule has 0 aromatic carbocycles. The van der Waals surface area contributed by atoms with Crippen molar-refractivity contribution in [2.45, 2.75) is 45.2 Å². The fourth-order valence-electron chi connectivity index (χ4n) is 3.44. The van der Waals surface area contributed by atoms with Crippen LogP contribution in [0.15, 0.2) is 29.6 Å². The quantitative estimate of drug-likeness (QED) is 0.867.